The molecule has 0 spiro atoms. The monoisotopic (exact) mass is 459 g/mol. The number of nitrogens with zero attached hydrogens (tertiary/aromatic N) is 3. The number of aromatic nitrogens is 3. The highest BCUT2D eigenvalue weighted by Crippen LogP contribution is 2.27. The van der Waals surface area contributed by atoms with E-state index >= 15 is 0 Å². The molecule has 0 radical (unpaired) electrons. The third kappa shape index (κ3) is 4.15. The first-order valence-electron chi connectivity index (χ1n) is 10.7. The van der Waals surface area contributed by atoms with Gasteiger partial charge in [0.2, 0.25) is 0 Å². The van der Waals surface area contributed by atoms with Crippen LogP contribution in [0, 0.1) is 5.41 Å². The van der Waals surface area contributed by atoms with E-state index in [1.807, 2.05) is 18.2 Å². The van der Waals surface area contributed by atoms with Gasteiger partial charge in [0.25, 0.3) is 11.5 Å². The molecule has 3 heterocycles. The second-order valence-electron chi connectivity index (χ2n) is 7.58. The molecule has 4 rings (SSSR count). The highest BCUT2D eigenvalue weighted by Gasteiger charge is 2.17. The van der Waals surface area contributed by atoms with Crippen LogP contribution in [-0.4, -0.2) is 40.6 Å². The third-order valence-corrected chi connectivity index (χ3v) is 5.52. The van der Waals surface area contributed by atoms with Crippen molar-refractivity contribution in [1.29, 1.82) is 5.41 Å². The summed E-state index contributed by atoms with van der Waals surface area (Å²) in [5.74, 6) is 0.798. The molecule has 3 aromatic heterocycles. The smallest absolute Gasteiger partial charge is 0.267 e. The van der Waals surface area contributed by atoms with Crippen molar-refractivity contribution in [1.82, 2.24) is 19.3 Å². The largest absolute Gasteiger partial charge is 0.493 e. The zero-order chi connectivity index (χ0) is 24.2. The lowest BCUT2D eigenvalue weighted by atomic mass is 10.1. The maximum atomic E-state index is 13.1. The van der Waals surface area contributed by atoms with Crippen LogP contribution >= 0.6 is 0 Å². The van der Waals surface area contributed by atoms with Gasteiger partial charge in [-0.1, -0.05) is 18.2 Å². The zero-order valence-electron chi connectivity index (χ0n) is 19.0. The van der Waals surface area contributed by atoms with Gasteiger partial charge in [-0.2, -0.15) is 0 Å². The van der Waals surface area contributed by atoms with Crippen LogP contribution in [0.3, 0.4) is 0 Å². The lowest BCUT2D eigenvalue weighted by molar-refractivity contribution is 0.0951. The van der Waals surface area contributed by atoms with Gasteiger partial charge < -0.3 is 19.4 Å². The summed E-state index contributed by atoms with van der Waals surface area (Å²) in [5, 5.41) is 11.7. The zero-order valence-corrected chi connectivity index (χ0v) is 19.0. The van der Waals surface area contributed by atoms with Crippen molar-refractivity contribution in [2.45, 2.75) is 13.0 Å². The Morgan fingerprint density at radius 3 is 2.71 bits per heavy atom. The molecule has 0 unspecified atom stereocenters. The van der Waals surface area contributed by atoms with Crippen LogP contribution in [-0.2, 0) is 13.0 Å². The summed E-state index contributed by atoms with van der Waals surface area (Å²) in [6.07, 6.45) is 3.78. The van der Waals surface area contributed by atoms with Gasteiger partial charge in [-0.3, -0.25) is 19.4 Å². The second-order valence-corrected chi connectivity index (χ2v) is 7.58. The molecule has 1 aromatic carbocycles. The van der Waals surface area contributed by atoms with Gasteiger partial charge in [0.15, 0.2) is 11.5 Å². The van der Waals surface area contributed by atoms with Crippen LogP contribution in [0.15, 0.2) is 66.1 Å². The van der Waals surface area contributed by atoms with Crippen molar-refractivity contribution >= 4 is 22.6 Å². The summed E-state index contributed by atoms with van der Waals surface area (Å²) >= 11 is 0. The Balaban J connectivity index is 1.66. The van der Waals surface area contributed by atoms with Crippen LogP contribution in [0.4, 0.5) is 0 Å². The SMILES string of the molecule is C=CCn1c(=N)c(C(=O)NCCc2ccc(OC)c(OC)c2)cc2c(=O)n3ccccc3nc21. The lowest BCUT2D eigenvalue weighted by Crippen LogP contribution is -2.35. The predicted octanol–water partition coefficient (Wildman–Crippen LogP) is 2.30. The first-order valence-corrected chi connectivity index (χ1v) is 10.7. The summed E-state index contributed by atoms with van der Waals surface area (Å²) in [5.41, 5.74) is 1.50. The van der Waals surface area contributed by atoms with Gasteiger partial charge in [0, 0.05) is 19.3 Å². The summed E-state index contributed by atoms with van der Waals surface area (Å²) in [7, 11) is 3.14. The molecule has 0 aliphatic rings. The highest BCUT2D eigenvalue weighted by atomic mass is 16.5. The van der Waals surface area contributed by atoms with Crippen molar-refractivity contribution in [2.75, 3.05) is 20.8 Å². The molecular weight excluding hydrogens is 434 g/mol. The van der Waals surface area contributed by atoms with Gasteiger partial charge in [-0.05, 0) is 42.3 Å². The molecule has 174 valence electrons. The van der Waals surface area contributed by atoms with Gasteiger partial charge in [0.05, 0.1) is 25.2 Å². The van der Waals surface area contributed by atoms with Crippen molar-refractivity contribution in [3.05, 3.63) is 88.3 Å². The third-order valence-electron chi connectivity index (χ3n) is 5.52. The summed E-state index contributed by atoms with van der Waals surface area (Å²) < 4.78 is 13.5. The number of allylic oxidation sites excluding steroid dienone is 1. The Hall–Kier alpha value is -4.40. The van der Waals surface area contributed by atoms with Crippen molar-refractivity contribution in [3.8, 4) is 11.5 Å². The molecule has 4 aromatic rings. The molecular formula is C25H25N5O4. The minimum absolute atomic E-state index is 0.0387. The van der Waals surface area contributed by atoms with E-state index < -0.39 is 5.91 Å². The fourth-order valence-corrected chi connectivity index (χ4v) is 3.82. The molecule has 0 saturated carbocycles. The molecule has 0 fully saturated rings. The molecule has 2 N–H and O–H groups in total. The van der Waals surface area contributed by atoms with Gasteiger partial charge in [-0.25, -0.2) is 4.98 Å². The van der Waals surface area contributed by atoms with E-state index in [0.29, 0.717) is 35.8 Å². The number of amides is 1. The maximum absolute atomic E-state index is 13.1. The average Bonchev–Trinajstić information content (AvgIpc) is 2.85. The summed E-state index contributed by atoms with van der Waals surface area (Å²) in [4.78, 5) is 30.7. The number of benzene rings is 1. The maximum Gasteiger partial charge on any atom is 0.267 e. The minimum atomic E-state index is -0.442. The van der Waals surface area contributed by atoms with Crippen LogP contribution in [0.2, 0.25) is 0 Å². The van der Waals surface area contributed by atoms with Crippen LogP contribution in [0.5, 0.6) is 11.5 Å². The Labute approximate surface area is 195 Å². The van der Waals surface area contributed by atoms with Crippen molar-refractivity contribution in [2.24, 2.45) is 0 Å². The highest BCUT2D eigenvalue weighted by molar-refractivity contribution is 5.96. The van der Waals surface area contributed by atoms with E-state index in [9.17, 15) is 9.59 Å². The van der Waals surface area contributed by atoms with Crippen LogP contribution in [0.25, 0.3) is 16.7 Å². The summed E-state index contributed by atoms with van der Waals surface area (Å²) in [6.45, 7) is 4.31. The molecule has 9 nitrogen and oxygen atoms in total. The number of carbonyl (C=O) groups excluding carboxylic acids is 1. The Morgan fingerprint density at radius 2 is 1.97 bits per heavy atom. The van der Waals surface area contributed by atoms with Gasteiger partial charge in [0.1, 0.15) is 16.8 Å². The van der Waals surface area contributed by atoms with Crippen LogP contribution in [0.1, 0.15) is 15.9 Å². The molecule has 9 heteroatoms. The molecule has 0 bridgehead atoms. The average molecular weight is 460 g/mol. The number of hydrogen-bond donors (Lipinski definition) is 2. The number of pyridine rings is 2. The molecule has 34 heavy (non-hydrogen) atoms. The van der Waals surface area contributed by atoms with E-state index in [-0.39, 0.29) is 28.5 Å². The number of ether oxygens (including phenoxy) is 2. The number of nitrogens with one attached hydrogen (secondary N) is 2. The van der Waals surface area contributed by atoms with E-state index in [0.717, 1.165) is 5.56 Å². The molecule has 0 aliphatic heterocycles. The molecule has 0 aliphatic carbocycles. The number of fused-ring (bicyclic) bond motifs is 2. The second kappa shape index (κ2) is 9.62. The predicted molar refractivity (Wildman–Crippen MR) is 129 cm³/mol. The molecule has 1 amide bonds. The first-order chi connectivity index (χ1) is 16.5. The quantitative estimate of drug-likeness (QED) is 0.310. The van der Waals surface area contributed by atoms with Crippen molar-refractivity contribution < 1.29 is 14.3 Å². The standard InChI is InChI=1S/C25H25N5O4/c1-4-12-30-22(26)17(15-18-23(30)28-21-7-5-6-13-29(21)25(18)32)24(31)27-11-10-16-8-9-19(33-2)20(14-16)34-3/h4-9,13-15,26H,1,10-12H2,2-3H3,(H,27,31). The Morgan fingerprint density at radius 1 is 1.18 bits per heavy atom. The van der Waals surface area contributed by atoms with E-state index in [2.05, 4.69) is 16.9 Å². The number of methoxy groups -OCH3 is 2. The fraction of sp³-hybridized carbons (Fsp3) is 0.200. The minimum Gasteiger partial charge on any atom is -0.493 e. The normalized spacial score (nSPS) is 10.9. The van der Waals surface area contributed by atoms with Crippen molar-refractivity contribution in [3.63, 3.8) is 0 Å². The van der Waals surface area contributed by atoms with Gasteiger partial charge in [-0.15, -0.1) is 6.58 Å². The Bertz CT molecular complexity index is 1520. The number of carbonyl (C=O) groups is 1. The van der Waals surface area contributed by atoms with E-state index in [1.165, 1.54) is 15.0 Å². The summed E-state index contributed by atoms with van der Waals surface area (Å²) in [6, 6.07) is 12.2. The topological polar surface area (TPSA) is 111 Å². The Kier molecular flexibility index (Phi) is 6.44. The van der Waals surface area contributed by atoms with E-state index in [4.69, 9.17) is 14.9 Å². The van der Waals surface area contributed by atoms with E-state index in [1.54, 1.807) is 44.7 Å². The van der Waals surface area contributed by atoms with Crippen LogP contribution < -0.4 is 25.8 Å². The number of rotatable bonds is 8. The van der Waals surface area contributed by atoms with Gasteiger partial charge >= 0.3 is 0 Å². The molecule has 0 atom stereocenters. The number of hydrogen-bond acceptors (Lipinski definition) is 6. The molecule has 0 saturated heterocycles. The fourth-order valence-electron chi connectivity index (χ4n) is 3.82. The first kappa shape index (κ1) is 22.8. The lowest BCUT2D eigenvalue weighted by Gasteiger charge is -2.14.